The molecule has 1 amide bonds. The van der Waals surface area contributed by atoms with Crippen LogP contribution in [0.2, 0.25) is 5.28 Å². The quantitative estimate of drug-likeness (QED) is 0.346. The maximum Gasteiger partial charge on any atom is 0.348 e. The second-order valence-electron chi connectivity index (χ2n) is 4.42. The number of nitrogens with zero attached hydrogens (tertiary/aromatic N) is 2. The summed E-state index contributed by atoms with van der Waals surface area (Å²) in [4.78, 5) is 31.4. The normalized spacial score (nSPS) is 10.5. The minimum absolute atomic E-state index is 0.110. The van der Waals surface area contributed by atoms with Gasteiger partial charge in [0.1, 0.15) is 15.5 Å². The number of methoxy groups -OCH3 is 1. The molecule has 0 aliphatic carbocycles. The number of fused-ring (bicyclic) bond motifs is 1. The van der Waals surface area contributed by atoms with Crippen molar-refractivity contribution < 1.29 is 14.3 Å². The molecule has 2 N–H and O–H groups in total. The molecule has 118 valence electrons. The van der Waals surface area contributed by atoms with Gasteiger partial charge in [0.2, 0.25) is 11.7 Å². The summed E-state index contributed by atoms with van der Waals surface area (Å²) in [6, 6.07) is 0. The highest BCUT2D eigenvalue weighted by Gasteiger charge is 2.20. The van der Waals surface area contributed by atoms with Crippen molar-refractivity contribution in [2.75, 3.05) is 25.5 Å². The Hall–Kier alpha value is -1.93. The summed E-state index contributed by atoms with van der Waals surface area (Å²) < 4.78 is 4.77. The van der Waals surface area contributed by atoms with Crippen LogP contribution in [0.1, 0.15) is 21.7 Å². The van der Waals surface area contributed by atoms with Gasteiger partial charge in [-0.1, -0.05) is 0 Å². The molecule has 2 rings (SSSR count). The smallest absolute Gasteiger partial charge is 0.348 e. The van der Waals surface area contributed by atoms with E-state index in [-0.39, 0.29) is 5.28 Å². The van der Waals surface area contributed by atoms with Crippen LogP contribution in [0.15, 0.2) is 0 Å². The van der Waals surface area contributed by atoms with Crippen LogP contribution in [0, 0.1) is 6.92 Å². The number of carbonyl (C=O) groups excluding carboxylic acids is 2. The van der Waals surface area contributed by atoms with Crippen LogP contribution in [0.5, 0.6) is 0 Å². The van der Waals surface area contributed by atoms with Gasteiger partial charge in [-0.05, 0) is 30.5 Å². The highest BCUT2D eigenvalue weighted by Crippen LogP contribution is 2.34. The number of amides is 1. The Labute approximate surface area is 136 Å². The largest absolute Gasteiger partial charge is 0.465 e. The van der Waals surface area contributed by atoms with Gasteiger partial charge in [0, 0.05) is 13.1 Å². The van der Waals surface area contributed by atoms with Gasteiger partial charge < -0.3 is 15.4 Å². The van der Waals surface area contributed by atoms with Gasteiger partial charge in [0.05, 0.1) is 12.5 Å². The lowest BCUT2D eigenvalue weighted by atomic mass is 10.2. The van der Waals surface area contributed by atoms with Crippen LogP contribution in [0.25, 0.3) is 10.2 Å². The van der Waals surface area contributed by atoms with E-state index in [1.54, 1.807) is 0 Å². The fourth-order valence-electron chi connectivity index (χ4n) is 1.98. The van der Waals surface area contributed by atoms with Crippen molar-refractivity contribution in [2.45, 2.75) is 13.3 Å². The van der Waals surface area contributed by atoms with Crippen LogP contribution in [-0.4, -0.2) is 42.5 Å². The molecule has 0 unspecified atom stereocenters. The summed E-state index contributed by atoms with van der Waals surface area (Å²) in [5.41, 5.74) is 0.761. The second-order valence-corrected chi connectivity index (χ2v) is 5.76. The van der Waals surface area contributed by atoms with E-state index in [2.05, 4.69) is 20.6 Å². The van der Waals surface area contributed by atoms with Crippen molar-refractivity contribution >= 4 is 51.4 Å². The van der Waals surface area contributed by atoms with E-state index in [4.69, 9.17) is 16.3 Å². The van der Waals surface area contributed by atoms with E-state index in [1.807, 2.05) is 6.92 Å². The number of thiophene rings is 1. The molecule has 9 heteroatoms. The minimum atomic E-state index is -0.405. The standard InChI is InChI=1S/C13H15ClN4O3S/c1-7-8-10(16-5-3-4-15-6-19)17-13(14)18-11(8)22-9(7)12(20)21-2/h6H,3-5H2,1-2H3,(H,15,19)(H,16,17,18). The molecule has 7 nitrogen and oxygen atoms in total. The van der Waals surface area contributed by atoms with Crippen molar-refractivity contribution in [3.8, 4) is 0 Å². The number of esters is 1. The van der Waals surface area contributed by atoms with Crippen LogP contribution >= 0.6 is 22.9 Å². The van der Waals surface area contributed by atoms with Gasteiger partial charge in [0.25, 0.3) is 0 Å². The number of aryl methyl sites for hydroxylation is 1. The molecule has 2 aromatic heterocycles. The molecular formula is C13H15ClN4O3S. The Kier molecular flexibility index (Phi) is 5.51. The number of carbonyl (C=O) groups is 2. The van der Waals surface area contributed by atoms with E-state index in [0.29, 0.717) is 35.0 Å². The number of aromatic nitrogens is 2. The molecule has 0 aliphatic rings. The summed E-state index contributed by atoms with van der Waals surface area (Å²) in [5, 5.41) is 6.62. The van der Waals surface area contributed by atoms with Crippen LogP contribution in [-0.2, 0) is 9.53 Å². The Bertz CT molecular complexity index is 704. The molecule has 0 radical (unpaired) electrons. The van der Waals surface area contributed by atoms with Crippen molar-refractivity contribution in [3.05, 3.63) is 15.7 Å². The zero-order valence-corrected chi connectivity index (χ0v) is 13.7. The van der Waals surface area contributed by atoms with Crippen LogP contribution in [0.3, 0.4) is 0 Å². The first-order chi connectivity index (χ1) is 10.6. The van der Waals surface area contributed by atoms with Gasteiger partial charge in [-0.2, -0.15) is 0 Å². The molecule has 0 saturated carbocycles. The van der Waals surface area contributed by atoms with Crippen LogP contribution in [0.4, 0.5) is 5.82 Å². The molecule has 2 aromatic rings. The number of hydrogen-bond donors (Lipinski definition) is 2. The van der Waals surface area contributed by atoms with E-state index in [1.165, 1.54) is 18.4 Å². The summed E-state index contributed by atoms with van der Waals surface area (Å²) in [6.45, 7) is 2.99. The van der Waals surface area contributed by atoms with Crippen molar-refractivity contribution in [1.29, 1.82) is 0 Å². The Balaban J connectivity index is 2.30. The average Bonchev–Trinajstić information content (AvgIpc) is 2.83. The van der Waals surface area contributed by atoms with E-state index in [0.717, 1.165) is 17.4 Å². The number of halogens is 1. The van der Waals surface area contributed by atoms with Gasteiger partial charge in [-0.25, -0.2) is 14.8 Å². The molecule has 0 saturated heterocycles. The summed E-state index contributed by atoms with van der Waals surface area (Å²) in [7, 11) is 1.34. The number of ether oxygens (including phenoxy) is 1. The van der Waals surface area contributed by atoms with Gasteiger partial charge >= 0.3 is 5.97 Å². The molecule has 0 aliphatic heterocycles. The van der Waals surface area contributed by atoms with Crippen LogP contribution < -0.4 is 10.6 Å². The molecular weight excluding hydrogens is 328 g/mol. The predicted molar refractivity (Wildman–Crippen MR) is 85.7 cm³/mol. The number of anilines is 1. The third-order valence-electron chi connectivity index (χ3n) is 3.01. The van der Waals surface area contributed by atoms with Gasteiger partial charge in [-0.15, -0.1) is 11.3 Å². The zero-order chi connectivity index (χ0) is 16.1. The SMILES string of the molecule is COC(=O)c1sc2nc(Cl)nc(NCCCNC=O)c2c1C. The van der Waals surface area contributed by atoms with Gasteiger partial charge in [0.15, 0.2) is 0 Å². The highest BCUT2D eigenvalue weighted by molar-refractivity contribution is 7.20. The molecule has 0 fully saturated rings. The van der Waals surface area contributed by atoms with Crippen molar-refractivity contribution in [3.63, 3.8) is 0 Å². The second kappa shape index (κ2) is 7.37. The first kappa shape index (κ1) is 16.4. The molecule has 2 heterocycles. The third kappa shape index (κ3) is 3.45. The Morgan fingerprint density at radius 1 is 1.41 bits per heavy atom. The first-order valence-corrected chi connectivity index (χ1v) is 7.73. The van der Waals surface area contributed by atoms with E-state index in [9.17, 15) is 9.59 Å². The molecule has 0 atom stereocenters. The van der Waals surface area contributed by atoms with Gasteiger partial charge in [-0.3, -0.25) is 4.79 Å². The van der Waals surface area contributed by atoms with Crippen molar-refractivity contribution in [1.82, 2.24) is 15.3 Å². The summed E-state index contributed by atoms with van der Waals surface area (Å²) >= 11 is 7.15. The summed E-state index contributed by atoms with van der Waals surface area (Å²) in [5.74, 6) is 0.169. The Morgan fingerprint density at radius 2 is 2.18 bits per heavy atom. The Morgan fingerprint density at radius 3 is 2.86 bits per heavy atom. The zero-order valence-electron chi connectivity index (χ0n) is 12.1. The van der Waals surface area contributed by atoms with E-state index < -0.39 is 5.97 Å². The fourth-order valence-corrected chi connectivity index (χ4v) is 3.30. The molecule has 22 heavy (non-hydrogen) atoms. The monoisotopic (exact) mass is 342 g/mol. The number of nitrogens with one attached hydrogen (secondary N) is 2. The number of hydrogen-bond acceptors (Lipinski definition) is 7. The lowest BCUT2D eigenvalue weighted by Gasteiger charge is -2.07. The lowest BCUT2D eigenvalue weighted by Crippen LogP contribution is -2.16. The molecule has 0 spiro atoms. The van der Waals surface area contributed by atoms with Crippen molar-refractivity contribution in [2.24, 2.45) is 0 Å². The topological polar surface area (TPSA) is 93.2 Å². The lowest BCUT2D eigenvalue weighted by molar-refractivity contribution is -0.109. The maximum atomic E-state index is 11.8. The summed E-state index contributed by atoms with van der Waals surface area (Å²) in [6.07, 6.45) is 1.39. The molecule has 0 bridgehead atoms. The highest BCUT2D eigenvalue weighted by atomic mass is 35.5. The third-order valence-corrected chi connectivity index (χ3v) is 4.34. The van der Waals surface area contributed by atoms with E-state index >= 15 is 0 Å². The minimum Gasteiger partial charge on any atom is -0.465 e. The first-order valence-electron chi connectivity index (χ1n) is 6.54. The fraction of sp³-hybridized carbons (Fsp3) is 0.385. The predicted octanol–water partition coefficient (Wildman–Crippen LogP) is 1.99. The number of rotatable bonds is 7. The maximum absolute atomic E-state index is 11.8. The average molecular weight is 343 g/mol. The molecule has 0 aromatic carbocycles.